The van der Waals surface area contributed by atoms with Gasteiger partial charge in [-0.05, 0) is 31.9 Å². The van der Waals surface area contributed by atoms with Gasteiger partial charge in [-0.3, -0.25) is 4.79 Å². The molecule has 0 saturated carbocycles. The second kappa shape index (κ2) is 6.84. The number of nitrogens with zero attached hydrogens (tertiary/aromatic N) is 5. The van der Waals surface area contributed by atoms with Gasteiger partial charge in [-0.1, -0.05) is 41.6 Å². The molecule has 0 bridgehead atoms. The Morgan fingerprint density at radius 3 is 2.60 bits per heavy atom. The number of hydrogen-bond donors (Lipinski definition) is 0. The number of carbonyl (C=O) groups is 1. The summed E-state index contributed by atoms with van der Waals surface area (Å²) in [7, 11) is 0. The molecule has 25 heavy (non-hydrogen) atoms. The molecular formula is C18H19N5OS. The van der Waals surface area contributed by atoms with E-state index >= 15 is 0 Å². The molecule has 1 aliphatic heterocycles. The van der Waals surface area contributed by atoms with Crippen molar-refractivity contribution in [2.45, 2.75) is 24.9 Å². The second-order valence-electron chi connectivity index (χ2n) is 6.21. The topological polar surface area (TPSA) is 63.4 Å². The van der Waals surface area contributed by atoms with E-state index in [4.69, 9.17) is 0 Å². The van der Waals surface area contributed by atoms with Crippen LogP contribution in [0, 0.1) is 6.92 Å². The van der Waals surface area contributed by atoms with E-state index in [-0.39, 0.29) is 5.91 Å². The maximum Gasteiger partial charge on any atom is 0.233 e. The third-order valence-electron chi connectivity index (χ3n) is 4.37. The highest BCUT2D eigenvalue weighted by atomic mass is 32.2. The lowest BCUT2D eigenvalue weighted by atomic mass is 10.1. The molecule has 2 aromatic heterocycles. The van der Waals surface area contributed by atoms with Crippen molar-refractivity contribution in [2.24, 2.45) is 0 Å². The lowest BCUT2D eigenvalue weighted by molar-refractivity contribution is -0.127. The van der Waals surface area contributed by atoms with Crippen LogP contribution in [0.5, 0.6) is 0 Å². The second-order valence-corrected chi connectivity index (χ2v) is 7.16. The van der Waals surface area contributed by atoms with Crippen LogP contribution in [0.25, 0.3) is 16.9 Å². The highest BCUT2D eigenvalue weighted by molar-refractivity contribution is 7.99. The van der Waals surface area contributed by atoms with Crippen LogP contribution in [0.4, 0.5) is 0 Å². The monoisotopic (exact) mass is 353 g/mol. The number of hydrogen-bond acceptors (Lipinski definition) is 5. The lowest BCUT2D eigenvalue weighted by Crippen LogP contribution is -2.29. The quantitative estimate of drug-likeness (QED) is 0.675. The predicted octanol–water partition coefficient (Wildman–Crippen LogP) is 2.81. The molecule has 0 aliphatic carbocycles. The fraction of sp³-hybridized carbons (Fsp3) is 0.333. The zero-order valence-corrected chi connectivity index (χ0v) is 14.9. The molecule has 3 aromatic rings. The molecule has 1 fully saturated rings. The van der Waals surface area contributed by atoms with Crippen LogP contribution < -0.4 is 0 Å². The minimum Gasteiger partial charge on any atom is -0.342 e. The Balaban J connectivity index is 1.56. The summed E-state index contributed by atoms with van der Waals surface area (Å²) in [5, 5.41) is 13.6. The fourth-order valence-electron chi connectivity index (χ4n) is 2.92. The van der Waals surface area contributed by atoms with Crippen LogP contribution in [-0.2, 0) is 4.79 Å². The van der Waals surface area contributed by atoms with E-state index in [0.29, 0.717) is 16.6 Å². The molecule has 1 aliphatic rings. The number of amides is 1. The van der Waals surface area contributed by atoms with Crippen molar-refractivity contribution in [1.29, 1.82) is 0 Å². The molecule has 1 aromatic carbocycles. The van der Waals surface area contributed by atoms with Crippen LogP contribution in [0.2, 0.25) is 0 Å². The Morgan fingerprint density at radius 1 is 1.08 bits per heavy atom. The first-order valence-corrected chi connectivity index (χ1v) is 9.39. The highest BCUT2D eigenvalue weighted by Crippen LogP contribution is 2.21. The molecule has 0 N–H and O–H groups in total. The van der Waals surface area contributed by atoms with Crippen molar-refractivity contribution >= 4 is 23.3 Å². The van der Waals surface area contributed by atoms with Crippen LogP contribution >= 0.6 is 11.8 Å². The first-order valence-electron chi connectivity index (χ1n) is 8.41. The zero-order chi connectivity index (χ0) is 17.2. The van der Waals surface area contributed by atoms with Crippen molar-refractivity contribution in [3.63, 3.8) is 0 Å². The van der Waals surface area contributed by atoms with Gasteiger partial charge in [0.15, 0.2) is 5.65 Å². The van der Waals surface area contributed by atoms with Gasteiger partial charge in [-0.2, -0.15) is 9.61 Å². The summed E-state index contributed by atoms with van der Waals surface area (Å²) in [5.41, 5.74) is 3.81. The minimum atomic E-state index is 0.161. The normalized spacial score (nSPS) is 14.4. The van der Waals surface area contributed by atoms with Gasteiger partial charge in [0.25, 0.3) is 0 Å². The summed E-state index contributed by atoms with van der Waals surface area (Å²) < 4.78 is 1.72. The third-order valence-corrected chi connectivity index (χ3v) is 5.27. The molecule has 0 unspecified atom stereocenters. The summed E-state index contributed by atoms with van der Waals surface area (Å²) in [5.74, 6) is 0.533. The smallest absolute Gasteiger partial charge is 0.233 e. The molecule has 1 amide bonds. The molecule has 0 spiro atoms. The maximum absolute atomic E-state index is 12.2. The molecule has 0 atom stereocenters. The minimum absolute atomic E-state index is 0.161. The van der Waals surface area contributed by atoms with E-state index in [1.165, 1.54) is 17.3 Å². The van der Waals surface area contributed by atoms with Crippen molar-refractivity contribution < 1.29 is 4.79 Å². The van der Waals surface area contributed by atoms with Gasteiger partial charge in [0.1, 0.15) is 0 Å². The van der Waals surface area contributed by atoms with E-state index in [9.17, 15) is 4.79 Å². The lowest BCUT2D eigenvalue weighted by Gasteiger charge is -2.14. The van der Waals surface area contributed by atoms with Crippen molar-refractivity contribution in [3.8, 4) is 11.3 Å². The summed E-state index contributed by atoms with van der Waals surface area (Å²) in [6, 6.07) is 12.1. The summed E-state index contributed by atoms with van der Waals surface area (Å²) >= 11 is 1.39. The Kier molecular flexibility index (Phi) is 4.40. The van der Waals surface area contributed by atoms with Gasteiger partial charge in [-0.25, -0.2) is 0 Å². The number of aromatic nitrogens is 4. The van der Waals surface area contributed by atoms with Crippen LogP contribution in [0.15, 0.2) is 41.6 Å². The summed E-state index contributed by atoms with van der Waals surface area (Å²) in [6.07, 6.45) is 2.21. The number of thioether (sulfide) groups is 1. The van der Waals surface area contributed by atoms with Crippen LogP contribution in [-0.4, -0.2) is 49.5 Å². The number of aryl methyl sites for hydroxylation is 1. The summed E-state index contributed by atoms with van der Waals surface area (Å²) in [4.78, 5) is 14.1. The molecule has 3 heterocycles. The largest absolute Gasteiger partial charge is 0.342 e. The SMILES string of the molecule is Cc1ccc(-c2ccc3nnc(SCC(=O)N4CCCC4)n3n2)cc1. The number of likely N-dealkylation sites (tertiary alicyclic amines) is 1. The molecule has 128 valence electrons. The molecule has 0 radical (unpaired) electrons. The number of fused-ring (bicyclic) bond motifs is 1. The zero-order valence-electron chi connectivity index (χ0n) is 14.1. The van der Waals surface area contributed by atoms with Gasteiger partial charge in [0, 0.05) is 18.7 Å². The van der Waals surface area contributed by atoms with Gasteiger partial charge in [-0.15, -0.1) is 10.2 Å². The first kappa shape index (κ1) is 16.1. The Morgan fingerprint density at radius 2 is 1.84 bits per heavy atom. The number of carbonyl (C=O) groups excluding carboxylic acids is 1. The highest BCUT2D eigenvalue weighted by Gasteiger charge is 2.19. The molecule has 6 nitrogen and oxygen atoms in total. The number of benzene rings is 1. The molecule has 1 saturated heterocycles. The Bertz CT molecular complexity index is 899. The fourth-order valence-corrected chi connectivity index (χ4v) is 3.71. The van der Waals surface area contributed by atoms with Crippen molar-refractivity contribution in [1.82, 2.24) is 24.7 Å². The molecule has 4 rings (SSSR count). The van der Waals surface area contributed by atoms with Gasteiger partial charge < -0.3 is 4.90 Å². The van der Waals surface area contributed by atoms with E-state index in [0.717, 1.165) is 37.2 Å². The predicted molar refractivity (Wildman–Crippen MR) is 97.5 cm³/mol. The van der Waals surface area contributed by atoms with E-state index in [1.54, 1.807) is 4.52 Å². The average Bonchev–Trinajstić information content (AvgIpc) is 3.30. The first-order chi connectivity index (χ1) is 12.2. The van der Waals surface area contributed by atoms with E-state index < -0.39 is 0 Å². The molecular weight excluding hydrogens is 334 g/mol. The summed E-state index contributed by atoms with van der Waals surface area (Å²) in [6.45, 7) is 3.80. The van der Waals surface area contributed by atoms with E-state index in [2.05, 4.69) is 46.5 Å². The average molecular weight is 353 g/mol. The standard InChI is InChI=1S/C18H19N5OS/c1-13-4-6-14(7-5-13)15-8-9-16-19-20-18(23(16)21-15)25-12-17(24)22-10-2-3-11-22/h4-9H,2-3,10-12H2,1H3. The van der Waals surface area contributed by atoms with Gasteiger partial charge >= 0.3 is 0 Å². The maximum atomic E-state index is 12.2. The van der Waals surface area contributed by atoms with Crippen molar-refractivity contribution in [2.75, 3.05) is 18.8 Å². The Hall–Kier alpha value is -2.41. The Labute approximate surface area is 150 Å². The van der Waals surface area contributed by atoms with Crippen LogP contribution in [0.1, 0.15) is 18.4 Å². The van der Waals surface area contributed by atoms with Crippen LogP contribution in [0.3, 0.4) is 0 Å². The van der Waals surface area contributed by atoms with Gasteiger partial charge in [0.2, 0.25) is 11.1 Å². The molecule has 7 heteroatoms. The van der Waals surface area contributed by atoms with Crippen molar-refractivity contribution in [3.05, 3.63) is 42.0 Å². The third kappa shape index (κ3) is 3.37. The van der Waals surface area contributed by atoms with E-state index in [1.807, 2.05) is 17.0 Å². The van der Waals surface area contributed by atoms with Gasteiger partial charge in [0.05, 0.1) is 11.4 Å². The number of rotatable bonds is 4.